The van der Waals surface area contributed by atoms with Gasteiger partial charge in [-0.3, -0.25) is 4.79 Å². The zero-order chi connectivity index (χ0) is 14.0. The molecule has 18 heavy (non-hydrogen) atoms. The Morgan fingerprint density at radius 1 is 1.44 bits per heavy atom. The number of amides is 1. The van der Waals surface area contributed by atoms with Crippen LogP contribution < -0.4 is 5.73 Å². The molecule has 0 radical (unpaired) electrons. The molecule has 3 N–H and O–H groups in total. The minimum atomic E-state index is -1.59. The lowest BCUT2D eigenvalue weighted by Gasteiger charge is -2.30. The number of aliphatic carboxylic acids is 1. The number of carbonyl (C=O) groups is 2. The van der Waals surface area contributed by atoms with Crippen molar-refractivity contribution >= 4 is 12.1 Å². The summed E-state index contributed by atoms with van der Waals surface area (Å²) in [6, 6.07) is 0. The van der Waals surface area contributed by atoms with Crippen molar-refractivity contribution in [3.05, 3.63) is 0 Å². The van der Waals surface area contributed by atoms with Crippen molar-refractivity contribution in [1.29, 1.82) is 0 Å². The largest absolute Gasteiger partial charge is 0.480 e. The van der Waals surface area contributed by atoms with Gasteiger partial charge in [0.05, 0.1) is 19.8 Å². The van der Waals surface area contributed by atoms with Crippen molar-refractivity contribution in [2.45, 2.75) is 31.9 Å². The van der Waals surface area contributed by atoms with Gasteiger partial charge < -0.3 is 25.2 Å². The molecule has 0 bridgehead atoms. The fourth-order valence-electron chi connectivity index (χ4n) is 1.51. The van der Waals surface area contributed by atoms with Gasteiger partial charge in [0, 0.05) is 6.54 Å². The van der Waals surface area contributed by atoms with Crippen molar-refractivity contribution in [3.63, 3.8) is 0 Å². The predicted octanol–water partition coefficient (Wildman–Crippen LogP) is 0.0358. The Labute approximate surface area is 106 Å². The summed E-state index contributed by atoms with van der Waals surface area (Å²) in [5, 5.41) is 9.07. The van der Waals surface area contributed by atoms with Crippen LogP contribution in [0.25, 0.3) is 0 Å². The van der Waals surface area contributed by atoms with Crippen LogP contribution in [-0.2, 0) is 14.3 Å². The number of carbonyl (C=O) groups excluding carboxylic acids is 1. The fraction of sp³-hybridized carbons (Fsp3) is 0.818. The number of nitrogens with two attached hydrogens (primary N) is 1. The Kier molecular flexibility index (Phi) is 4.18. The summed E-state index contributed by atoms with van der Waals surface area (Å²) >= 11 is 0. The van der Waals surface area contributed by atoms with E-state index in [0.29, 0.717) is 0 Å². The van der Waals surface area contributed by atoms with Gasteiger partial charge in [-0.15, -0.1) is 0 Å². The average molecular weight is 260 g/mol. The van der Waals surface area contributed by atoms with Crippen molar-refractivity contribution in [2.24, 2.45) is 5.73 Å². The molecule has 1 aliphatic heterocycles. The van der Waals surface area contributed by atoms with Gasteiger partial charge in [-0.05, 0) is 20.8 Å². The second kappa shape index (κ2) is 5.11. The van der Waals surface area contributed by atoms with Gasteiger partial charge >= 0.3 is 12.1 Å². The molecule has 1 atom stereocenters. The monoisotopic (exact) mass is 260 g/mol. The number of carboxylic acid groups (broad SMARTS) is 1. The summed E-state index contributed by atoms with van der Waals surface area (Å²) in [4.78, 5) is 24.2. The number of ether oxygens (including phenoxy) is 2. The van der Waals surface area contributed by atoms with Gasteiger partial charge in [-0.1, -0.05) is 0 Å². The summed E-state index contributed by atoms with van der Waals surface area (Å²) in [6.45, 7) is 5.48. The van der Waals surface area contributed by atoms with Crippen LogP contribution in [0, 0.1) is 0 Å². The van der Waals surface area contributed by atoms with E-state index in [1.807, 2.05) is 0 Å². The first-order chi connectivity index (χ1) is 8.14. The van der Waals surface area contributed by atoms with Crippen LogP contribution in [0.2, 0.25) is 0 Å². The van der Waals surface area contributed by atoms with Crippen LogP contribution in [-0.4, -0.2) is 59.5 Å². The Morgan fingerprint density at radius 3 is 2.56 bits per heavy atom. The maximum atomic E-state index is 11.9. The van der Waals surface area contributed by atoms with Gasteiger partial charge in [0.1, 0.15) is 5.60 Å². The highest BCUT2D eigenvalue weighted by molar-refractivity contribution is 5.80. The molecule has 0 aromatic rings. The van der Waals surface area contributed by atoms with Gasteiger partial charge in [0.15, 0.2) is 5.54 Å². The van der Waals surface area contributed by atoms with E-state index in [1.54, 1.807) is 20.8 Å². The maximum absolute atomic E-state index is 11.9. The van der Waals surface area contributed by atoms with E-state index in [9.17, 15) is 9.59 Å². The fourth-order valence-corrected chi connectivity index (χ4v) is 1.51. The molecule has 0 spiro atoms. The highest BCUT2D eigenvalue weighted by Gasteiger charge is 2.40. The smallest absolute Gasteiger partial charge is 0.410 e. The lowest BCUT2D eigenvalue weighted by Crippen LogP contribution is -2.59. The second-order valence-electron chi connectivity index (χ2n) is 5.42. The summed E-state index contributed by atoms with van der Waals surface area (Å²) in [5.74, 6) is -1.20. The van der Waals surface area contributed by atoms with Crippen LogP contribution in [0.4, 0.5) is 4.79 Å². The molecule has 1 aliphatic rings. The first-order valence-electron chi connectivity index (χ1n) is 5.72. The van der Waals surface area contributed by atoms with E-state index in [-0.39, 0.29) is 26.3 Å². The molecule has 0 aromatic carbocycles. The molecule has 1 fully saturated rings. The Morgan fingerprint density at radius 2 is 2.06 bits per heavy atom. The molecule has 1 amide bonds. The standard InChI is InChI=1S/C11H20N2O5/c1-10(2,3)18-9(16)13-4-5-17-7-11(12,6-13)8(14)15/h4-7,12H2,1-3H3,(H,14,15). The molecule has 0 saturated carbocycles. The van der Waals surface area contributed by atoms with E-state index in [1.165, 1.54) is 4.90 Å². The second-order valence-corrected chi connectivity index (χ2v) is 5.42. The minimum Gasteiger partial charge on any atom is -0.480 e. The predicted molar refractivity (Wildman–Crippen MR) is 63.2 cm³/mol. The van der Waals surface area contributed by atoms with Gasteiger partial charge in [-0.2, -0.15) is 0 Å². The van der Waals surface area contributed by atoms with Crippen LogP contribution in [0.15, 0.2) is 0 Å². The van der Waals surface area contributed by atoms with E-state index < -0.39 is 23.2 Å². The van der Waals surface area contributed by atoms with Crippen LogP contribution in [0.1, 0.15) is 20.8 Å². The molecule has 7 nitrogen and oxygen atoms in total. The molecule has 1 saturated heterocycles. The summed E-state index contributed by atoms with van der Waals surface area (Å²) in [7, 11) is 0. The molecular weight excluding hydrogens is 240 g/mol. The highest BCUT2D eigenvalue weighted by Crippen LogP contribution is 2.15. The van der Waals surface area contributed by atoms with Gasteiger partial charge in [0.25, 0.3) is 0 Å². The quantitative estimate of drug-likeness (QED) is 0.690. The van der Waals surface area contributed by atoms with Crippen molar-refractivity contribution < 1.29 is 24.2 Å². The number of carboxylic acids is 1. The van der Waals surface area contributed by atoms with Crippen LogP contribution >= 0.6 is 0 Å². The molecule has 1 unspecified atom stereocenters. The number of rotatable bonds is 1. The van der Waals surface area contributed by atoms with Crippen molar-refractivity contribution in [3.8, 4) is 0 Å². The lowest BCUT2D eigenvalue weighted by atomic mass is 10.0. The van der Waals surface area contributed by atoms with E-state index >= 15 is 0 Å². The molecular formula is C11H20N2O5. The Bertz CT molecular complexity index is 339. The van der Waals surface area contributed by atoms with Gasteiger partial charge in [0.2, 0.25) is 0 Å². The minimum absolute atomic E-state index is 0.123. The normalized spacial score (nSPS) is 25.4. The maximum Gasteiger partial charge on any atom is 0.410 e. The highest BCUT2D eigenvalue weighted by atomic mass is 16.6. The lowest BCUT2D eigenvalue weighted by molar-refractivity contribution is -0.145. The molecule has 104 valence electrons. The van der Waals surface area contributed by atoms with E-state index in [2.05, 4.69) is 0 Å². The Balaban J connectivity index is 2.76. The molecule has 0 aromatic heterocycles. The van der Waals surface area contributed by atoms with Crippen LogP contribution in [0.5, 0.6) is 0 Å². The summed E-state index contributed by atoms with van der Waals surface area (Å²) in [6.07, 6.45) is -0.580. The first-order valence-corrected chi connectivity index (χ1v) is 5.72. The molecule has 0 aliphatic carbocycles. The van der Waals surface area contributed by atoms with Crippen molar-refractivity contribution in [1.82, 2.24) is 4.90 Å². The summed E-state index contributed by atoms with van der Waals surface area (Å²) in [5.41, 5.74) is 3.50. The zero-order valence-corrected chi connectivity index (χ0v) is 10.9. The van der Waals surface area contributed by atoms with Gasteiger partial charge in [-0.25, -0.2) is 4.79 Å². The Hall–Kier alpha value is -1.34. The molecule has 7 heteroatoms. The van der Waals surface area contributed by atoms with Crippen LogP contribution in [0.3, 0.4) is 0 Å². The topological polar surface area (TPSA) is 102 Å². The SMILES string of the molecule is CC(C)(C)OC(=O)N1CCOCC(N)(C(=O)O)C1. The third-order valence-corrected chi connectivity index (χ3v) is 2.42. The van der Waals surface area contributed by atoms with E-state index in [0.717, 1.165) is 0 Å². The zero-order valence-electron chi connectivity index (χ0n) is 10.9. The third kappa shape index (κ3) is 3.85. The first kappa shape index (κ1) is 14.7. The molecule has 1 rings (SSSR count). The number of nitrogens with zero attached hydrogens (tertiary/aromatic N) is 1. The van der Waals surface area contributed by atoms with Crippen molar-refractivity contribution in [2.75, 3.05) is 26.3 Å². The van der Waals surface area contributed by atoms with E-state index in [4.69, 9.17) is 20.3 Å². The molecule has 1 heterocycles. The third-order valence-electron chi connectivity index (χ3n) is 2.42. The number of hydrogen-bond donors (Lipinski definition) is 2. The number of hydrogen-bond acceptors (Lipinski definition) is 5. The summed E-state index contributed by atoms with van der Waals surface area (Å²) < 4.78 is 10.3. The average Bonchev–Trinajstić information content (AvgIpc) is 2.38.